The predicted molar refractivity (Wildman–Crippen MR) is 74.2 cm³/mol. The smallest absolute Gasteiger partial charge is 0.142 e. The highest BCUT2D eigenvalue weighted by atomic mass is 79.9. The normalized spacial score (nSPS) is 12.5. The summed E-state index contributed by atoms with van der Waals surface area (Å²) < 4.78 is 28.0. The highest BCUT2D eigenvalue weighted by Gasteiger charge is 2.16. The molecule has 0 saturated carbocycles. The lowest BCUT2D eigenvalue weighted by molar-refractivity contribution is 0.589. The molecule has 94 valence electrons. The average Bonchev–Trinajstić information content (AvgIpc) is 2.35. The number of nitrogens with two attached hydrogens (primary N) is 1. The molecule has 0 fully saturated rings. The summed E-state index contributed by atoms with van der Waals surface area (Å²) in [6.45, 7) is 0. The van der Waals surface area contributed by atoms with Gasteiger partial charge in [0.2, 0.25) is 0 Å². The fourth-order valence-corrected chi connectivity index (χ4v) is 2.27. The van der Waals surface area contributed by atoms with Crippen LogP contribution in [0.3, 0.4) is 0 Å². The molecule has 0 aliphatic heterocycles. The van der Waals surface area contributed by atoms with Gasteiger partial charge in [-0.1, -0.05) is 18.2 Å². The predicted octanol–water partition coefficient (Wildman–Crippen LogP) is 4.54. The van der Waals surface area contributed by atoms with Gasteiger partial charge in [-0.15, -0.1) is 0 Å². The molecule has 2 aromatic rings. The Bertz CT molecular complexity index is 587. The number of benzene rings is 2. The third-order valence-electron chi connectivity index (χ3n) is 2.62. The van der Waals surface area contributed by atoms with Crippen molar-refractivity contribution in [3.8, 4) is 0 Å². The zero-order valence-corrected chi connectivity index (χ0v) is 12.3. The molecule has 5 heteroatoms. The Labute approximate surface area is 120 Å². The van der Waals surface area contributed by atoms with Crippen molar-refractivity contribution < 1.29 is 8.78 Å². The van der Waals surface area contributed by atoms with Crippen molar-refractivity contribution in [1.82, 2.24) is 0 Å². The minimum absolute atomic E-state index is 0.325. The highest BCUT2D eigenvalue weighted by molar-refractivity contribution is 9.10. The first-order valence-electron chi connectivity index (χ1n) is 5.15. The molecule has 2 rings (SSSR count). The van der Waals surface area contributed by atoms with E-state index in [0.29, 0.717) is 20.1 Å². The van der Waals surface area contributed by atoms with E-state index in [1.165, 1.54) is 6.07 Å². The van der Waals surface area contributed by atoms with Gasteiger partial charge >= 0.3 is 0 Å². The van der Waals surface area contributed by atoms with E-state index in [-0.39, 0.29) is 0 Å². The number of hydrogen-bond donors (Lipinski definition) is 1. The molecular formula is C13H9Br2F2N. The maximum atomic E-state index is 13.9. The van der Waals surface area contributed by atoms with E-state index in [1.54, 1.807) is 30.3 Å². The number of rotatable bonds is 2. The quantitative estimate of drug-likeness (QED) is 0.818. The van der Waals surface area contributed by atoms with E-state index in [4.69, 9.17) is 5.73 Å². The van der Waals surface area contributed by atoms with Gasteiger partial charge in [-0.25, -0.2) is 8.78 Å². The van der Waals surface area contributed by atoms with Crippen molar-refractivity contribution in [2.75, 3.05) is 0 Å². The van der Waals surface area contributed by atoms with Crippen molar-refractivity contribution in [3.63, 3.8) is 0 Å². The second-order valence-corrected chi connectivity index (χ2v) is 5.50. The van der Waals surface area contributed by atoms with Gasteiger partial charge in [-0.3, -0.25) is 0 Å². The van der Waals surface area contributed by atoms with Gasteiger partial charge in [0.05, 0.1) is 15.0 Å². The third-order valence-corrected chi connectivity index (χ3v) is 3.87. The van der Waals surface area contributed by atoms with Crippen molar-refractivity contribution in [2.45, 2.75) is 6.04 Å². The van der Waals surface area contributed by atoms with Gasteiger partial charge in [0.25, 0.3) is 0 Å². The van der Waals surface area contributed by atoms with Crippen LogP contribution in [-0.2, 0) is 0 Å². The standard InChI is InChI=1S/C13H9Br2F2N/c14-9-5-4-7(6-11(9)16)13(18)8-2-1-3-10(15)12(8)17/h1-6,13H,18H2. The SMILES string of the molecule is NC(c1ccc(Br)c(F)c1)c1cccc(Br)c1F. The molecule has 0 bridgehead atoms. The summed E-state index contributed by atoms with van der Waals surface area (Å²) in [4.78, 5) is 0. The average molecular weight is 377 g/mol. The van der Waals surface area contributed by atoms with Gasteiger partial charge in [0.1, 0.15) is 11.6 Å². The van der Waals surface area contributed by atoms with Gasteiger partial charge < -0.3 is 5.73 Å². The minimum atomic E-state index is -0.704. The van der Waals surface area contributed by atoms with Crippen LogP contribution in [-0.4, -0.2) is 0 Å². The summed E-state index contributed by atoms with van der Waals surface area (Å²) >= 11 is 6.16. The molecule has 1 nitrogen and oxygen atoms in total. The fourth-order valence-electron chi connectivity index (χ4n) is 1.65. The first-order chi connectivity index (χ1) is 8.50. The van der Waals surface area contributed by atoms with Crippen LogP contribution in [0.25, 0.3) is 0 Å². The Hall–Kier alpha value is -0.780. The van der Waals surface area contributed by atoms with Crippen LogP contribution in [0.15, 0.2) is 45.3 Å². The molecule has 18 heavy (non-hydrogen) atoms. The second-order valence-electron chi connectivity index (χ2n) is 3.79. The Kier molecular flexibility index (Phi) is 4.14. The van der Waals surface area contributed by atoms with Gasteiger partial charge in [-0.2, -0.15) is 0 Å². The Morgan fingerprint density at radius 1 is 1.00 bits per heavy atom. The van der Waals surface area contributed by atoms with Crippen LogP contribution in [0, 0.1) is 11.6 Å². The van der Waals surface area contributed by atoms with Crippen molar-refractivity contribution >= 4 is 31.9 Å². The largest absolute Gasteiger partial charge is 0.320 e. The summed E-state index contributed by atoms with van der Waals surface area (Å²) in [5.74, 6) is -0.841. The molecule has 0 saturated heterocycles. The number of halogens is 4. The van der Waals surface area contributed by atoms with Crippen LogP contribution in [0.5, 0.6) is 0 Å². The van der Waals surface area contributed by atoms with E-state index in [9.17, 15) is 8.78 Å². The summed E-state index contributed by atoms with van der Waals surface area (Å²) in [6.07, 6.45) is 0. The minimum Gasteiger partial charge on any atom is -0.320 e. The van der Waals surface area contributed by atoms with Crippen LogP contribution >= 0.6 is 31.9 Å². The lowest BCUT2D eigenvalue weighted by atomic mass is 9.99. The molecule has 0 aromatic heterocycles. The van der Waals surface area contributed by atoms with Crippen molar-refractivity contribution in [1.29, 1.82) is 0 Å². The summed E-state index contributed by atoms with van der Waals surface area (Å²) in [5, 5.41) is 0. The molecule has 0 aliphatic rings. The van der Waals surface area contributed by atoms with E-state index < -0.39 is 17.7 Å². The molecule has 2 aromatic carbocycles. The maximum absolute atomic E-state index is 13.9. The van der Waals surface area contributed by atoms with E-state index in [2.05, 4.69) is 31.9 Å². The second kappa shape index (κ2) is 5.47. The first kappa shape index (κ1) is 13.6. The van der Waals surface area contributed by atoms with Gasteiger partial charge in [0, 0.05) is 5.56 Å². The van der Waals surface area contributed by atoms with Crippen molar-refractivity contribution in [3.05, 3.63) is 68.1 Å². The molecular weight excluding hydrogens is 368 g/mol. The Morgan fingerprint density at radius 2 is 1.72 bits per heavy atom. The fraction of sp³-hybridized carbons (Fsp3) is 0.0769. The molecule has 1 unspecified atom stereocenters. The molecule has 2 N–H and O–H groups in total. The van der Waals surface area contributed by atoms with E-state index >= 15 is 0 Å². The van der Waals surface area contributed by atoms with Gasteiger partial charge in [0.15, 0.2) is 0 Å². The molecule has 0 heterocycles. The zero-order valence-electron chi connectivity index (χ0n) is 9.13. The van der Waals surface area contributed by atoms with Crippen LogP contribution in [0.2, 0.25) is 0 Å². The first-order valence-corrected chi connectivity index (χ1v) is 6.73. The summed E-state index contributed by atoms with van der Waals surface area (Å²) in [5.41, 5.74) is 6.81. The third kappa shape index (κ3) is 2.63. The van der Waals surface area contributed by atoms with Gasteiger partial charge in [-0.05, 0) is 55.6 Å². The van der Waals surface area contributed by atoms with Crippen LogP contribution in [0.1, 0.15) is 17.2 Å². The van der Waals surface area contributed by atoms with Crippen LogP contribution < -0.4 is 5.73 Å². The number of hydrogen-bond acceptors (Lipinski definition) is 1. The topological polar surface area (TPSA) is 26.0 Å². The van der Waals surface area contributed by atoms with Crippen LogP contribution in [0.4, 0.5) is 8.78 Å². The summed E-state index contributed by atoms with van der Waals surface area (Å²) in [7, 11) is 0. The molecule has 0 aliphatic carbocycles. The van der Waals surface area contributed by atoms with E-state index in [0.717, 1.165) is 0 Å². The molecule has 0 amide bonds. The maximum Gasteiger partial charge on any atom is 0.142 e. The van der Waals surface area contributed by atoms with E-state index in [1.807, 2.05) is 0 Å². The highest BCUT2D eigenvalue weighted by Crippen LogP contribution is 2.28. The van der Waals surface area contributed by atoms with Crippen molar-refractivity contribution in [2.24, 2.45) is 5.73 Å². The molecule has 0 radical (unpaired) electrons. The monoisotopic (exact) mass is 375 g/mol. The lowest BCUT2D eigenvalue weighted by Gasteiger charge is -2.14. The Morgan fingerprint density at radius 3 is 2.39 bits per heavy atom. The summed E-state index contributed by atoms with van der Waals surface area (Å²) in [6, 6.07) is 8.69. The molecule has 1 atom stereocenters. The lowest BCUT2D eigenvalue weighted by Crippen LogP contribution is -2.14. The molecule has 0 spiro atoms. The Balaban J connectivity index is 2.44. The zero-order chi connectivity index (χ0) is 13.3.